The largest absolute Gasteiger partial charge is 0.478 e. The highest BCUT2D eigenvalue weighted by molar-refractivity contribution is 7.84. The lowest BCUT2D eigenvalue weighted by atomic mass is 10.2. The first kappa shape index (κ1) is 13.6. The second kappa shape index (κ2) is 5.75. The van der Waals surface area contributed by atoms with Crippen molar-refractivity contribution in [2.24, 2.45) is 5.73 Å². The summed E-state index contributed by atoms with van der Waals surface area (Å²) in [6, 6.07) is 7.34. The first-order valence-electron chi connectivity index (χ1n) is 4.69. The number of aromatic carboxylic acids is 1. The van der Waals surface area contributed by atoms with E-state index in [1.54, 1.807) is 6.07 Å². The van der Waals surface area contributed by atoms with Gasteiger partial charge in [0.05, 0.1) is 10.6 Å². The van der Waals surface area contributed by atoms with Crippen LogP contribution in [0.25, 0.3) is 0 Å². The van der Waals surface area contributed by atoms with E-state index in [0.29, 0.717) is 5.69 Å². The standard InChI is InChI=1S/C11H9N3O3S/c12-5-8(9(13)15)10(18)14-7-3-1-6(2-4-7)11(16)17/h1-4,14,18H,(H2,13,15)(H,16,17)/b10-8-. The van der Waals surface area contributed by atoms with Gasteiger partial charge in [0.2, 0.25) is 0 Å². The van der Waals surface area contributed by atoms with E-state index in [4.69, 9.17) is 16.1 Å². The fraction of sp³-hybridized carbons (Fsp3) is 0. The topological polar surface area (TPSA) is 116 Å². The van der Waals surface area contributed by atoms with E-state index >= 15 is 0 Å². The molecule has 0 spiro atoms. The molecule has 1 amide bonds. The van der Waals surface area contributed by atoms with Gasteiger partial charge in [-0.05, 0) is 24.3 Å². The van der Waals surface area contributed by atoms with Crippen LogP contribution >= 0.6 is 12.6 Å². The highest BCUT2D eigenvalue weighted by atomic mass is 32.1. The molecule has 1 aromatic carbocycles. The number of nitrogens with one attached hydrogen (secondary N) is 1. The van der Waals surface area contributed by atoms with Crippen LogP contribution in [0, 0.1) is 11.3 Å². The average molecular weight is 263 g/mol. The van der Waals surface area contributed by atoms with E-state index in [2.05, 4.69) is 17.9 Å². The zero-order valence-corrected chi connectivity index (χ0v) is 9.94. The van der Waals surface area contributed by atoms with E-state index in [1.165, 1.54) is 24.3 Å². The summed E-state index contributed by atoms with van der Waals surface area (Å²) in [7, 11) is 0. The van der Waals surface area contributed by atoms with E-state index in [1.807, 2.05) is 0 Å². The summed E-state index contributed by atoms with van der Waals surface area (Å²) in [5.41, 5.74) is 5.29. The lowest BCUT2D eigenvalue weighted by Crippen LogP contribution is -2.15. The normalized spacial score (nSPS) is 11.1. The number of nitrogens with two attached hydrogens (primary N) is 1. The van der Waals surface area contributed by atoms with Crippen molar-refractivity contribution in [3.05, 3.63) is 40.4 Å². The third-order valence-electron chi connectivity index (χ3n) is 1.99. The predicted octanol–water partition coefficient (Wildman–Crippen LogP) is 0.947. The van der Waals surface area contributed by atoms with Crippen LogP contribution in [0.1, 0.15) is 10.4 Å². The van der Waals surface area contributed by atoms with Crippen molar-refractivity contribution in [2.75, 3.05) is 5.32 Å². The summed E-state index contributed by atoms with van der Waals surface area (Å²) in [5.74, 6) is -1.94. The zero-order chi connectivity index (χ0) is 13.7. The molecule has 0 saturated heterocycles. The van der Waals surface area contributed by atoms with Crippen LogP contribution < -0.4 is 11.1 Å². The van der Waals surface area contributed by atoms with Crippen molar-refractivity contribution in [2.45, 2.75) is 0 Å². The number of hydrogen-bond acceptors (Lipinski definition) is 5. The molecule has 0 aliphatic rings. The third-order valence-corrected chi connectivity index (χ3v) is 2.33. The number of thiol groups is 1. The van der Waals surface area contributed by atoms with E-state index in [-0.39, 0.29) is 16.2 Å². The molecule has 0 aromatic heterocycles. The molecule has 0 fully saturated rings. The van der Waals surface area contributed by atoms with Crippen LogP contribution in [0.3, 0.4) is 0 Å². The number of anilines is 1. The third kappa shape index (κ3) is 3.26. The molecule has 0 radical (unpaired) electrons. The number of hydrogen-bond donors (Lipinski definition) is 4. The van der Waals surface area contributed by atoms with Gasteiger partial charge in [-0.25, -0.2) is 4.79 Å². The van der Waals surface area contributed by atoms with Crippen LogP contribution in [0.4, 0.5) is 5.69 Å². The number of nitrogens with zero attached hydrogens (tertiary/aromatic N) is 1. The molecule has 0 aliphatic heterocycles. The lowest BCUT2D eigenvalue weighted by molar-refractivity contribution is -0.114. The van der Waals surface area contributed by atoms with E-state index in [9.17, 15) is 9.59 Å². The molecule has 0 bridgehead atoms. The van der Waals surface area contributed by atoms with Gasteiger partial charge >= 0.3 is 5.97 Å². The molecule has 0 unspecified atom stereocenters. The van der Waals surface area contributed by atoms with E-state index in [0.717, 1.165) is 0 Å². The Morgan fingerprint density at radius 2 is 1.89 bits per heavy atom. The molecule has 6 nitrogen and oxygen atoms in total. The van der Waals surface area contributed by atoms with Crippen molar-refractivity contribution in [3.8, 4) is 6.07 Å². The number of amides is 1. The second-order valence-electron chi connectivity index (χ2n) is 3.21. The monoisotopic (exact) mass is 263 g/mol. The van der Waals surface area contributed by atoms with Gasteiger partial charge in [-0.2, -0.15) is 5.26 Å². The van der Waals surface area contributed by atoms with Gasteiger partial charge < -0.3 is 16.2 Å². The van der Waals surface area contributed by atoms with Gasteiger partial charge in [-0.3, -0.25) is 4.79 Å². The molecule has 1 rings (SSSR count). The SMILES string of the molecule is N#C/C(C(N)=O)=C(/S)Nc1ccc(C(=O)O)cc1. The Kier molecular flexibility index (Phi) is 4.34. The van der Waals surface area contributed by atoms with Crippen LogP contribution in [0.15, 0.2) is 34.9 Å². The fourth-order valence-electron chi connectivity index (χ4n) is 1.12. The lowest BCUT2D eigenvalue weighted by Gasteiger charge is -2.07. The molecule has 18 heavy (non-hydrogen) atoms. The zero-order valence-electron chi connectivity index (χ0n) is 9.04. The summed E-state index contributed by atoms with van der Waals surface area (Å²) in [6.45, 7) is 0. The van der Waals surface area contributed by atoms with Crippen molar-refractivity contribution in [1.82, 2.24) is 0 Å². The van der Waals surface area contributed by atoms with Crippen LogP contribution in [-0.4, -0.2) is 17.0 Å². The highest BCUT2D eigenvalue weighted by Crippen LogP contribution is 2.16. The Hall–Kier alpha value is -2.46. The summed E-state index contributed by atoms with van der Waals surface area (Å²) in [6.07, 6.45) is 0. The Bertz CT molecular complexity index is 558. The van der Waals surface area contributed by atoms with Crippen molar-refractivity contribution in [1.29, 1.82) is 5.26 Å². The maximum absolute atomic E-state index is 10.9. The Morgan fingerprint density at radius 3 is 2.28 bits per heavy atom. The Balaban J connectivity index is 2.95. The molecule has 0 heterocycles. The predicted molar refractivity (Wildman–Crippen MR) is 67.8 cm³/mol. The molecule has 0 saturated carbocycles. The maximum Gasteiger partial charge on any atom is 0.335 e. The molecule has 7 heteroatoms. The minimum atomic E-state index is -1.04. The number of carboxylic acids is 1. The molecule has 0 aliphatic carbocycles. The summed E-state index contributed by atoms with van der Waals surface area (Å²) < 4.78 is 0. The summed E-state index contributed by atoms with van der Waals surface area (Å²) in [4.78, 5) is 21.5. The van der Waals surface area contributed by atoms with Crippen LogP contribution in [0.5, 0.6) is 0 Å². The van der Waals surface area contributed by atoms with Crippen LogP contribution in [0.2, 0.25) is 0 Å². The van der Waals surface area contributed by atoms with Crippen molar-refractivity contribution in [3.63, 3.8) is 0 Å². The molecule has 0 atom stereocenters. The minimum Gasteiger partial charge on any atom is -0.478 e. The van der Waals surface area contributed by atoms with Gasteiger partial charge in [0.25, 0.3) is 5.91 Å². The average Bonchev–Trinajstić information content (AvgIpc) is 2.29. The Morgan fingerprint density at radius 1 is 1.33 bits per heavy atom. The summed E-state index contributed by atoms with van der Waals surface area (Å²) in [5, 5.41) is 20.1. The number of carbonyl (C=O) groups is 2. The first-order chi connectivity index (χ1) is 8.45. The van der Waals surface area contributed by atoms with Crippen molar-refractivity contribution < 1.29 is 14.7 Å². The number of primary amides is 1. The second-order valence-corrected chi connectivity index (χ2v) is 3.65. The smallest absolute Gasteiger partial charge is 0.335 e. The van der Waals surface area contributed by atoms with E-state index < -0.39 is 11.9 Å². The maximum atomic E-state index is 10.9. The molecule has 1 aromatic rings. The minimum absolute atomic E-state index is 0.00748. The van der Waals surface area contributed by atoms with Gasteiger partial charge in [0.1, 0.15) is 11.6 Å². The first-order valence-corrected chi connectivity index (χ1v) is 5.14. The highest BCUT2D eigenvalue weighted by Gasteiger charge is 2.09. The van der Waals surface area contributed by atoms with Gasteiger partial charge in [0, 0.05) is 5.69 Å². The number of rotatable bonds is 4. The fourth-order valence-corrected chi connectivity index (χ4v) is 1.41. The Labute approximate surface area is 108 Å². The number of benzene rings is 1. The molecule has 92 valence electrons. The molecular weight excluding hydrogens is 254 g/mol. The summed E-state index contributed by atoms with van der Waals surface area (Å²) >= 11 is 3.95. The van der Waals surface area contributed by atoms with Crippen molar-refractivity contribution >= 4 is 30.2 Å². The van der Waals surface area contributed by atoms with Gasteiger partial charge in [0.15, 0.2) is 0 Å². The molecular formula is C11H9N3O3S. The van der Waals surface area contributed by atoms with Crippen LogP contribution in [-0.2, 0) is 4.79 Å². The number of nitriles is 1. The quantitative estimate of drug-likeness (QED) is 0.366. The van der Waals surface area contributed by atoms with Gasteiger partial charge in [-0.1, -0.05) is 0 Å². The van der Waals surface area contributed by atoms with Gasteiger partial charge in [-0.15, -0.1) is 12.6 Å². The number of carboxylic acid groups (broad SMARTS) is 1. The number of carbonyl (C=O) groups excluding carboxylic acids is 1. The molecule has 4 N–H and O–H groups in total.